The summed E-state index contributed by atoms with van der Waals surface area (Å²) in [7, 11) is 0.569. The van der Waals surface area contributed by atoms with Crippen LogP contribution in [0, 0.1) is 0 Å². The van der Waals surface area contributed by atoms with Gasteiger partial charge in [-0.15, -0.1) is 0 Å². The van der Waals surface area contributed by atoms with Crippen LogP contribution < -0.4 is 4.98 Å². The molecule has 0 atom stereocenters. The second-order valence-electron chi connectivity index (χ2n) is 3.55. The Kier molecular flexibility index (Phi) is 6.18. The van der Waals surface area contributed by atoms with Crippen molar-refractivity contribution in [2.45, 2.75) is 45.7 Å². The standard InChI is InChI=1S/C8H23NSi2/c1-4-7-8-9-11(10,5-2)6-3/h9H,4-8H2,1-3,10H3. The van der Waals surface area contributed by atoms with Gasteiger partial charge in [-0.2, -0.15) is 0 Å². The summed E-state index contributed by atoms with van der Waals surface area (Å²) < 4.78 is 0. The van der Waals surface area contributed by atoms with Gasteiger partial charge in [-0.05, 0) is 13.0 Å². The lowest BCUT2D eigenvalue weighted by atomic mass is 10.3. The van der Waals surface area contributed by atoms with Gasteiger partial charge in [0.1, 0.15) is 7.75 Å². The van der Waals surface area contributed by atoms with E-state index in [1.807, 2.05) is 0 Å². The zero-order valence-electron chi connectivity index (χ0n) is 8.54. The van der Waals surface area contributed by atoms with E-state index in [0.717, 1.165) is 0 Å². The number of unbranched alkanes of at least 4 members (excludes halogenated alkanes) is 1. The first kappa shape index (κ1) is 11.4. The highest BCUT2D eigenvalue weighted by molar-refractivity contribution is 7.15. The summed E-state index contributed by atoms with van der Waals surface area (Å²) >= 11 is 0. The number of nitrogens with one attached hydrogen (secondary N) is 1. The fraction of sp³-hybridized carbons (Fsp3) is 1.00. The highest BCUT2D eigenvalue weighted by Crippen LogP contribution is 2.05. The second-order valence-corrected chi connectivity index (χ2v) is 14.2. The fourth-order valence-corrected chi connectivity index (χ4v) is 3.60. The predicted octanol–water partition coefficient (Wildman–Crippen LogP) is 1.22. The van der Waals surface area contributed by atoms with E-state index in [4.69, 9.17) is 0 Å². The fourth-order valence-electron chi connectivity index (χ4n) is 1.07. The van der Waals surface area contributed by atoms with Crippen molar-refractivity contribution in [3.8, 4) is 0 Å². The van der Waals surface area contributed by atoms with E-state index in [-0.39, 0.29) is 0 Å². The highest BCUT2D eigenvalue weighted by atomic mass is 29.2. The van der Waals surface area contributed by atoms with E-state index in [1.54, 1.807) is 0 Å². The largest absolute Gasteiger partial charge is 0.340 e. The summed E-state index contributed by atoms with van der Waals surface area (Å²) in [5.74, 6) is 0. The van der Waals surface area contributed by atoms with Gasteiger partial charge < -0.3 is 4.98 Å². The van der Waals surface area contributed by atoms with Crippen molar-refractivity contribution >= 4 is 17.5 Å². The molecule has 0 aliphatic heterocycles. The summed E-state index contributed by atoms with van der Waals surface area (Å²) in [6.45, 7) is 8.23. The summed E-state index contributed by atoms with van der Waals surface area (Å²) in [6.07, 6.45) is 2.68. The average molecular weight is 189 g/mol. The van der Waals surface area contributed by atoms with Gasteiger partial charge in [0.2, 0.25) is 0 Å². The monoisotopic (exact) mass is 189 g/mol. The molecule has 0 aromatic rings. The highest BCUT2D eigenvalue weighted by Gasteiger charge is 2.20. The SMILES string of the molecule is CCCCN[Si]([SiH3])(CC)CC. The molecule has 0 aromatic heterocycles. The molecular weight excluding hydrogens is 166 g/mol. The first-order valence-electron chi connectivity index (χ1n) is 4.93. The van der Waals surface area contributed by atoms with Gasteiger partial charge in [0.05, 0.1) is 0 Å². The van der Waals surface area contributed by atoms with Crippen LogP contribution in [0.4, 0.5) is 0 Å². The summed E-state index contributed by atoms with van der Waals surface area (Å²) in [4.78, 5) is 3.80. The third-order valence-corrected chi connectivity index (χ3v) is 12.2. The van der Waals surface area contributed by atoms with Gasteiger partial charge in [0.15, 0.2) is 0 Å². The van der Waals surface area contributed by atoms with Crippen LogP contribution in [0.5, 0.6) is 0 Å². The first-order chi connectivity index (χ1) is 5.18. The molecule has 1 N–H and O–H groups in total. The van der Waals surface area contributed by atoms with Crippen LogP contribution in [0.3, 0.4) is 0 Å². The van der Waals surface area contributed by atoms with Crippen LogP contribution in [-0.4, -0.2) is 24.1 Å². The Balaban J connectivity index is 3.51. The molecule has 0 radical (unpaired) electrons. The molecule has 0 aliphatic carbocycles. The molecular formula is C8H23NSi2. The van der Waals surface area contributed by atoms with Crippen molar-refractivity contribution < 1.29 is 0 Å². The van der Waals surface area contributed by atoms with Crippen molar-refractivity contribution in [2.24, 2.45) is 0 Å². The minimum absolute atomic E-state index is 0.846. The average Bonchev–Trinajstić information content (AvgIpc) is 2.05. The van der Waals surface area contributed by atoms with Crippen molar-refractivity contribution in [3.05, 3.63) is 0 Å². The summed E-state index contributed by atoms with van der Waals surface area (Å²) in [5, 5.41) is 0. The molecule has 3 heteroatoms. The van der Waals surface area contributed by atoms with Gasteiger partial charge in [0.25, 0.3) is 0 Å². The minimum atomic E-state index is -0.846. The van der Waals surface area contributed by atoms with E-state index in [9.17, 15) is 0 Å². The van der Waals surface area contributed by atoms with E-state index in [1.165, 1.54) is 41.2 Å². The zero-order chi connectivity index (χ0) is 8.74. The van der Waals surface area contributed by atoms with Crippen LogP contribution >= 0.6 is 0 Å². The topological polar surface area (TPSA) is 12.0 Å². The molecule has 68 valence electrons. The Morgan fingerprint density at radius 1 is 1.18 bits per heavy atom. The van der Waals surface area contributed by atoms with E-state index >= 15 is 0 Å². The Morgan fingerprint density at radius 2 is 1.73 bits per heavy atom. The van der Waals surface area contributed by atoms with E-state index in [0.29, 0.717) is 0 Å². The maximum Gasteiger partial charge on any atom is 0.103 e. The molecule has 0 spiro atoms. The molecule has 1 nitrogen and oxygen atoms in total. The normalized spacial score (nSPS) is 12.3. The van der Waals surface area contributed by atoms with Crippen LogP contribution in [0.2, 0.25) is 12.1 Å². The van der Waals surface area contributed by atoms with Gasteiger partial charge in [-0.3, -0.25) is 0 Å². The van der Waals surface area contributed by atoms with Crippen molar-refractivity contribution in [2.75, 3.05) is 6.54 Å². The molecule has 11 heavy (non-hydrogen) atoms. The molecule has 0 bridgehead atoms. The van der Waals surface area contributed by atoms with Crippen LogP contribution in [0.15, 0.2) is 0 Å². The molecule has 0 saturated carbocycles. The molecule has 0 rings (SSSR count). The number of rotatable bonds is 6. The van der Waals surface area contributed by atoms with Crippen molar-refractivity contribution in [1.82, 2.24) is 4.98 Å². The maximum atomic E-state index is 3.80. The zero-order valence-corrected chi connectivity index (χ0v) is 11.5. The van der Waals surface area contributed by atoms with Crippen molar-refractivity contribution in [1.29, 1.82) is 0 Å². The lowest BCUT2D eigenvalue weighted by Gasteiger charge is -2.25. The van der Waals surface area contributed by atoms with Gasteiger partial charge in [-0.1, -0.05) is 39.3 Å². The lowest BCUT2D eigenvalue weighted by Crippen LogP contribution is -2.50. The third kappa shape index (κ3) is 4.77. The van der Waals surface area contributed by atoms with Gasteiger partial charge in [0, 0.05) is 9.76 Å². The molecule has 0 aliphatic rings. The number of hydrogen-bond donors (Lipinski definition) is 1. The quantitative estimate of drug-likeness (QED) is 0.489. The Labute approximate surface area is 75.3 Å². The third-order valence-electron chi connectivity index (χ3n) is 2.64. The maximum absolute atomic E-state index is 3.80. The van der Waals surface area contributed by atoms with Crippen molar-refractivity contribution in [3.63, 3.8) is 0 Å². The van der Waals surface area contributed by atoms with Crippen LogP contribution in [0.1, 0.15) is 33.6 Å². The van der Waals surface area contributed by atoms with E-state index in [2.05, 4.69) is 25.8 Å². The molecule has 0 aromatic carbocycles. The predicted molar refractivity (Wildman–Crippen MR) is 59.6 cm³/mol. The van der Waals surface area contributed by atoms with Crippen LogP contribution in [0.25, 0.3) is 0 Å². The Morgan fingerprint density at radius 3 is 2.09 bits per heavy atom. The van der Waals surface area contributed by atoms with E-state index < -0.39 is 7.75 Å². The Bertz CT molecular complexity index is 92.1. The first-order valence-corrected chi connectivity index (χ1v) is 10.8. The smallest absolute Gasteiger partial charge is 0.103 e. The summed E-state index contributed by atoms with van der Waals surface area (Å²) in [5.41, 5.74) is 0. The Hall–Kier alpha value is 0.394. The summed E-state index contributed by atoms with van der Waals surface area (Å²) in [6, 6.07) is 2.86. The lowest BCUT2D eigenvalue weighted by molar-refractivity contribution is 0.753. The molecule has 0 saturated heterocycles. The second kappa shape index (κ2) is 5.97. The minimum Gasteiger partial charge on any atom is -0.340 e. The molecule has 0 unspecified atom stereocenters. The van der Waals surface area contributed by atoms with Gasteiger partial charge in [-0.25, -0.2) is 0 Å². The molecule has 0 amide bonds. The van der Waals surface area contributed by atoms with Crippen LogP contribution in [-0.2, 0) is 0 Å². The van der Waals surface area contributed by atoms with Gasteiger partial charge >= 0.3 is 0 Å². The number of hydrogen-bond acceptors (Lipinski definition) is 1. The molecule has 0 fully saturated rings. The molecule has 0 heterocycles.